The Labute approximate surface area is 381 Å². The van der Waals surface area contributed by atoms with Crippen LogP contribution >= 0.6 is 11.6 Å². The number of carboxylic acid groups (broad SMARTS) is 1. The highest BCUT2D eigenvalue weighted by atomic mass is 35.5. The van der Waals surface area contributed by atoms with Crippen molar-refractivity contribution in [3.63, 3.8) is 0 Å². The molecule has 4 aromatic carbocycles. The lowest BCUT2D eigenvalue weighted by Gasteiger charge is -2.24. The summed E-state index contributed by atoms with van der Waals surface area (Å²) in [5.41, 5.74) is 3.92. The molecular weight excluding hydrogens is 835 g/mol. The number of ether oxygens (including phenoxy) is 2. The fourth-order valence-corrected chi connectivity index (χ4v) is 8.00. The molecule has 1 amide bonds. The lowest BCUT2D eigenvalue weighted by atomic mass is 9.91. The lowest BCUT2D eigenvalue weighted by Crippen LogP contribution is -2.39. The van der Waals surface area contributed by atoms with E-state index in [4.69, 9.17) is 21.1 Å². The minimum absolute atomic E-state index is 0.0713. The molecule has 0 aliphatic rings. The first-order valence-corrected chi connectivity index (χ1v) is 22.7. The molecule has 1 aromatic heterocycles. The molecule has 0 fully saturated rings. The molecule has 342 valence electrons. The maximum absolute atomic E-state index is 13.8. The smallest absolute Gasteiger partial charge is 0.349 e. The number of esters is 1. The van der Waals surface area contributed by atoms with Crippen LogP contribution in [-0.4, -0.2) is 68.7 Å². The van der Waals surface area contributed by atoms with Gasteiger partial charge in [-0.1, -0.05) is 98.7 Å². The van der Waals surface area contributed by atoms with Crippen LogP contribution in [0.5, 0.6) is 5.75 Å². The summed E-state index contributed by atoms with van der Waals surface area (Å²) in [5.74, 6) is -2.51. The zero-order chi connectivity index (χ0) is 46.2. The second kappa shape index (κ2) is 24.0. The summed E-state index contributed by atoms with van der Waals surface area (Å²) in [7, 11) is 0. The van der Waals surface area contributed by atoms with Crippen molar-refractivity contribution in [2.24, 2.45) is 5.92 Å². The average molecular weight is 898 g/mol. The minimum atomic E-state index is -1.23. The van der Waals surface area contributed by atoms with Crippen molar-refractivity contribution in [3.05, 3.63) is 131 Å². The number of rotatable bonds is 25. The van der Waals surface area contributed by atoms with Crippen molar-refractivity contribution in [2.45, 2.75) is 116 Å². The van der Waals surface area contributed by atoms with Gasteiger partial charge in [0.05, 0.1) is 24.7 Å². The first-order chi connectivity index (χ1) is 30.6. The number of carboxylic acids is 1. The Morgan fingerprint density at radius 3 is 2.14 bits per heavy atom. The van der Waals surface area contributed by atoms with Crippen LogP contribution in [-0.2, 0) is 20.7 Å². The van der Waals surface area contributed by atoms with Gasteiger partial charge in [0.25, 0.3) is 5.91 Å². The third-order valence-electron chi connectivity index (χ3n) is 11.3. The number of para-hydroxylation sites is 1. The molecule has 0 spiro atoms. The molecule has 3 atom stereocenters. The van der Waals surface area contributed by atoms with Gasteiger partial charge in [0.2, 0.25) is 0 Å². The fourth-order valence-electron chi connectivity index (χ4n) is 7.87. The van der Waals surface area contributed by atoms with Gasteiger partial charge in [-0.2, -0.15) is 0 Å². The average Bonchev–Trinajstić information content (AvgIpc) is 3.60. The molecule has 12 heteroatoms. The van der Waals surface area contributed by atoms with Crippen molar-refractivity contribution in [1.82, 2.24) is 9.88 Å². The summed E-state index contributed by atoms with van der Waals surface area (Å²) in [6.07, 6.45) is 7.71. The van der Waals surface area contributed by atoms with Gasteiger partial charge in [0, 0.05) is 51.8 Å². The highest BCUT2D eigenvalue weighted by molar-refractivity contribution is 6.30. The highest BCUT2D eigenvalue weighted by Gasteiger charge is 2.32. The van der Waals surface area contributed by atoms with Crippen LogP contribution in [0.1, 0.15) is 113 Å². The number of hydrogen-bond acceptors (Lipinski definition) is 7. The molecule has 3 unspecified atom stereocenters. The Kier molecular flexibility index (Phi) is 18.6. The van der Waals surface area contributed by atoms with Gasteiger partial charge in [0.15, 0.2) is 5.60 Å². The molecule has 0 bridgehead atoms. The number of aliphatic carboxylic acids is 1. The zero-order valence-electron chi connectivity index (χ0n) is 37.3. The van der Waals surface area contributed by atoms with Gasteiger partial charge < -0.3 is 34.7 Å². The second-order valence-electron chi connectivity index (χ2n) is 17.1. The van der Waals surface area contributed by atoms with Crippen LogP contribution in [0, 0.1) is 11.7 Å². The maximum Gasteiger partial charge on any atom is 0.349 e. The Morgan fingerprint density at radius 2 is 1.48 bits per heavy atom. The summed E-state index contributed by atoms with van der Waals surface area (Å²) in [4.78, 5) is 37.3. The zero-order valence-corrected chi connectivity index (χ0v) is 38.0. The molecule has 0 aliphatic carbocycles. The Hall–Kier alpha value is -5.49. The third-order valence-corrected chi connectivity index (χ3v) is 11.6. The first kappa shape index (κ1) is 49.5. The predicted octanol–water partition coefficient (Wildman–Crippen LogP) is 11.0. The first-order valence-electron chi connectivity index (χ1n) is 22.3. The molecule has 5 rings (SSSR count). The number of nitrogens with zero attached hydrogens (tertiary/aromatic N) is 1. The maximum atomic E-state index is 13.8. The number of unbranched alkanes of at least 4 members (excludes halogenated alkanes) is 6. The van der Waals surface area contributed by atoms with Crippen LogP contribution in [0.3, 0.4) is 0 Å². The SMILES string of the molecule is CC(C)n1c(/C=C/C(O)CC(O)C(CCCCCCCCCOC(=O)C(C)(C)Oc2ccc(CCNC(=O)c3ccc(Cl)cc3)cc2)C(=O)O)c(-c2ccc(F)cc2)c2ccccc21. The monoisotopic (exact) mass is 896 g/mol. The number of carbonyl (C=O) groups is 3. The van der Waals surface area contributed by atoms with E-state index in [-0.39, 0.29) is 30.8 Å². The summed E-state index contributed by atoms with van der Waals surface area (Å²) < 4.78 is 27.5. The number of hydrogen-bond donors (Lipinski definition) is 4. The minimum Gasteiger partial charge on any atom is -0.481 e. The van der Waals surface area contributed by atoms with E-state index in [0.717, 1.165) is 65.4 Å². The van der Waals surface area contributed by atoms with E-state index in [9.17, 15) is 34.1 Å². The third kappa shape index (κ3) is 14.3. The van der Waals surface area contributed by atoms with E-state index in [1.54, 1.807) is 68.5 Å². The second-order valence-corrected chi connectivity index (χ2v) is 17.5. The van der Waals surface area contributed by atoms with E-state index < -0.39 is 35.7 Å². The number of aromatic nitrogens is 1. The molecule has 1 heterocycles. The number of aliphatic hydroxyl groups is 2. The summed E-state index contributed by atoms with van der Waals surface area (Å²) in [5, 5.41) is 36.4. The van der Waals surface area contributed by atoms with E-state index in [1.165, 1.54) is 12.1 Å². The molecule has 64 heavy (non-hydrogen) atoms. The van der Waals surface area contributed by atoms with E-state index in [2.05, 4.69) is 23.7 Å². The van der Waals surface area contributed by atoms with Crippen LogP contribution in [0.15, 0.2) is 103 Å². The number of nitrogens with one attached hydrogen (secondary N) is 1. The van der Waals surface area contributed by atoms with E-state index >= 15 is 0 Å². The number of benzene rings is 4. The molecule has 0 radical (unpaired) electrons. The highest BCUT2D eigenvalue weighted by Crippen LogP contribution is 2.38. The Balaban J connectivity index is 0.970. The standard InChI is InChI=1S/C52H62ClFN2O8/c1-35(2)56-45-16-12-11-14-43(45)48(37-21-25-40(54)26-22-37)46(56)30-27-41(57)34-47(58)44(50(60)61)15-10-8-6-5-7-9-13-33-63-51(62)52(3,4)64-42-28-17-36(18-29-42)31-32-55-49(59)38-19-23-39(53)24-20-38/h11-12,14,16-30,35,41,44,47,57-58H,5-10,13,15,31-34H2,1-4H3,(H,55,59)(H,60,61)/b30-27+. The van der Waals surface area contributed by atoms with Gasteiger partial charge in [-0.3, -0.25) is 9.59 Å². The van der Waals surface area contributed by atoms with Crippen LogP contribution in [0.25, 0.3) is 28.1 Å². The fraction of sp³-hybridized carbons (Fsp3) is 0.404. The molecule has 5 aromatic rings. The number of carbonyl (C=O) groups excluding carboxylic acids is 2. The molecule has 0 saturated heterocycles. The Morgan fingerprint density at radius 1 is 0.844 bits per heavy atom. The topological polar surface area (TPSA) is 147 Å². The molecule has 10 nitrogen and oxygen atoms in total. The van der Waals surface area contributed by atoms with Gasteiger partial charge in [-0.25, -0.2) is 9.18 Å². The molecule has 0 saturated carbocycles. The van der Waals surface area contributed by atoms with Crippen LogP contribution in [0.2, 0.25) is 5.02 Å². The van der Waals surface area contributed by atoms with Crippen molar-refractivity contribution in [1.29, 1.82) is 0 Å². The summed E-state index contributed by atoms with van der Waals surface area (Å²) >= 11 is 5.90. The number of aliphatic hydroxyl groups excluding tert-OH is 2. The van der Waals surface area contributed by atoms with Gasteiger partial charge >= 0.3 is 11.9 Å². The summed E-state index contributed by atoms with van der Waals surface area (Å²) in [6.45, 7) is 8.21. The predicted molar refractivity (Wildman–Crippen MR) is 251 cm³/mol. The van der Waals surface area contributed by atoms with Crippen LogP contribution in [0.4, 0.5) is 4.39 Å². The van der Waals surface area contributed by atoms with Crippen molar-refractivity contribution >= 4 is 46.4 Å². The van der Waals surface area contributed by atoms with Crippen molar-refractivity contribution < 1.29 is 43.6 Å². The van der Waals surface area contributed by atoms with Crippen LogP contribution < -0.4 is 10.1 Å². The molecular formula is C52H62ClFN2O8. The largest absolute Gasteiger partial charge is 0.481 e. The van der Waals surface area contributed by atoms with E-state index in [1.807, 2.05) is 42.5 Å². The quantitative estimate of drug-likeness (QED) is 0.0334. The number of halogens is 2. The summed E-state index contributed by atoms with van der Waals surface area (Å²) in [6, 6.07) is 28.4. The normalized spacial score (nSPS) is 13.3. The lowest BCUT2D eigenvalue weighted by molar-refractivity contribution is -0.159. The molecule has 4 N–H and O–H groups in total. The number of fused-ring (bicyclic) bond motifs is 1. The van der Waals surface area contributed by atoms with Gasteiger partial charge in [0.1, 0.15) is 11.6 Å². The molecule has 0 aliphatic heterocycles. The van der Waals surface area contributed by atoms with Gasteiger partial charge in [-0.15, -0.1) is 0 Å². The number of amides is 1. The van der Waals surface area contributed by atoms with E-state index in [0.29, 0.717) is 48.6 Å². The van der Waals surface area contributed by atoms with Crippen molar-refractivity contribution in [2.75, 3.05) is 13.2 Å². The Bertz CT molecular complexity index is 2310. The van der Waals surface area contributed by atoms with Gasteiger partial charge in [-0.05, 0) is 119 Å². The van der Waals surface area contributed by atoms with Crippen molar-refractivity contribution in [3.8, 4) is 16.9 Å².